The maximum absolute atomic E-state index is 13.5. The SMILES string of the molecule is CNC(=O)c1cc(Cl)c(N2CCN([C@@H]3CC[C@@H](c4nc5ccc(F)cc5c(=O)[nH]4)C3)CC2)cn1. The monoisotopic (exact) mass is 484 g/mol. The number of aromatic nitrogens is 3. The van der Waals surface area contributed by atoms with E-state index in [-0.39, 0.29) is 22.8 Å². The first kappa shape index (κ1) is 22.7. The van der Waals surface area contributed by atoms with E-state index in [2.05, 4.69) is 30.1 Å². The van der Waals surface area contributed by atoms with Gasteiger partial charge in [0.2, 0.25) is 0 Å². The van der Waals surface area contributed by atoms with Gasteiger partial charge in [-0.1, -0.05) is 11.6 Å². The molecule has 8 nitrogen and oxygen atoms in total. The highest BCUT2D eigenvalue weighted by atomic mass is 35.5. The fourth-order valence-electron chi connectivity index (χ4n) is 5.10. The topological polar surface area (TPSA) is 94.2 Å². The molecular weight excluding hydrogens is 459 g/mol. The van der Waals surface area contributed by atoms with Gasteiger partial charge in [0.1, 0.15) is 17.3 Å². The van der Waals surface area contributed by atoms with Crippen molar-refractivity contribution < 1.29 is 9.18 Å². The molecule has 10 heteroatoms. The zero-order chi connectivity index (χ0) is 23.8. The van der Waals surface area contributed by atoms with Crippen LogP contribution in [0.25, 0.3) is 10.9 Å². The lowest BCUT2D eigenvalue weighted by Crippen LogP contribution is -2.50. The summed E-state index contributed by atoms with van der Waals surface area (Å²) in [5.41, 5.74) is 1.39. The van der Waals surface area contributed by atoms with Gasteiger partial charge in [0.05, 0.1) is 27.8 Å². The third-order valence-electron chi connectivity index (χ3n) is 6.94. The van der Waals surface area contributed by atoms with Gasteiger partial charge in [-0.25, -0.2) is 14.4 Å². The molecule has 3 heterocycles. The second kappa shape index (κ2) is 9.31. The fourth-order valence-corrected chi connectivity index (χ4v) is 5.37. The van der Waals surface area contributed by atoms with Crippen LogP contribution in [0.2, 0.25) is 5.02 Å². The van der Waals surface area contributed by atoms with Crippen molar-refractivity contribution in [1.82, 2.24) is 25.2 Å². The summed E-state index contributed by atoms with van der Waals surface area (Å²) < 4.78 is 13.5. The molecule has 0 radical (unpaired) electrons. The van der Waals surface area contributed by atoms with Gasteiger partial charge in [-0.3, -0.25) is 14.5 Å². The summed E-state index contributed by atoms with van der Waals surface area (Å²) in [6.45, 7) is 3.43. The summed E-state index contributed by atoms with van der Waals surface area (Å²) in [7, 11) is 1.56. The van der Waals surface area contributed by atoms with Crippen LogP contribution in [-0.2, 0) is 0 Å². The molecule has 2 atom stereocenters. The van der Waals surface area contributed by atoms with Crippen LogP contribution in [0.5, 0.6) is 0 Å². The first-order valence-corrected chi connectivity index (χ1v) is 11.9. The number of anilines is 1. The van der Waals surface area contributed by atoms with Crippen LogP contribution >= 0.6 is 11.6 Å². The molecule has 1 aliphatic heterocycles. The number of piperazine rings is 1. The number of nitrogens with one attached hydrogen (secondary N) is 2. The number of amides is 1. The van der Waals surface area contributed by atoms with E-state index in [9.17, 15) is 14.0 Å². The lowest BCUT2D eigenvalue weighted by atomic mass is 10.1. The number of aromatic amines is 1. The van der Waals surface area contributed by atoms with Gasteiger partial charge in [0.25, 0.3) is 11.5 Å². The van der Waals surface area contributed by atoms with Crippen molar-refractivity contribution in [3.63, 3.8) is 0 Å². The van der Waals surface area contributed by atoms with Gasteiger partial charge in [-0.2, -0.15) is 0 Å². The number of fused-ring (bicyclic) bond motifs is 1. The molecule has 2 aromatic heterocycles. The minimum Gasteiger partial charge on any atom is -0.367 e. The Morgan fingerprint density at radius 3 is 2.74 bits per heavy atom. The Bertz CT molecular complexity index is 1290. The van der Waals surface area contributed by atoms with Crippen LogP contribution in [-0.4, -0.2) is 65.0 Å². The number of carbonyl (C=O) groups is 1. The molecule has 1 aliphatic carbocycles. The number of pyridine rings is 1. The lowest BCUT2D eigenvalue weighted by Gasteiger charge is -2.39. The van der Waals surface area contributed by atoms with Crippen LogP contribution in [0.4, 0.5) is 10.1 Å². The summed E-state index contributed by atoms with van der Waals surface area (Å²) in [6, 6.07) is 6.16. The summed E-state index contributed by atoms with van der Waals surface area (Å²) >= 11 is 6.45. The molecule has 1 saturated carbocycles. The maximum Gasteiger partial charge on any atom is 0.269 e. The zero-order valence-electron chi connectivity index (χ0n) is 18.9. The van der Waals surface area contributed by atoms with Gasteiger partial charge in [-0.05, 0) is 43.5 Å². The van der Waals surface area contributed by atoms with Crippen molar-refractivity contribution in [3.05, 3.63) is 63.2 Å². The second-order valence-corrected chi connectivity index (χ2v) is 9.31. The van der Waals surface area contributed by atoms with Crippen molar-refractivity contribution in [3.8, 4) is 0 Å². The minimum atomic E-state index is -0.438. The molecular formula is C24H26ClFN6O2. The smallest absolute Gasteiger partial charge is 0.269 e. The third-order valence-corrected chi connectivity index (χ3v) is 7.25. The number of nitrogens with zero attached hydrogens (tertiary/aromatic N) is 4. The van der Waals surface area contributed by atoms with Crippen LogP contribution in [0.15, 0.2) is 35.3 Å². The number of carbonyl (C=O) groups excluding carboxylic acids is 1. The molecule has 178 valence electrons. The molecule has 3 aromatic rings. The standard InChI is InChI=1S/C24H26ClFN6O2/c1-27-24(34)20-12-18(25)21(13-28-20)32-8-6-31(7-9-32)16-4-2-14(10-16)22-29-19-5-3-15(26)11-17(19)23(33)30-22/h3,5,11-14,16H,2,4,6-10H2,1H3,(H,27,34)(H,29,30,33)/t14-,16-/m1/s1. The Balaban J connectivity index is 1.22. The largest absolute Gasteiger partial charge is 0.367 e. The predicted octanol–water partition coefficient (Wildman–Crippen LogP) is 2.93. The summed E-state index contributed by atoms with van der Waals surface area (Å²) in [4.78, 5) is 40.7. The Hall–Kier alpha value is -3.04. The van der Waals surface area contributed by atoms with E-state index >= 15 is 0 Å². The average Bonchev–Trinajstić information content (AvgIpc) is 3.34. The zero-order valence-corrected chi connectivity index (χ0v) is 19.6. The van der Waals surface area contributed by atoms with Gasteiger partial charge in [0.15, 0.2) is 0 Å². The normalized spacial score (nSPS) is 21.2. The fraction of sp³-hybridized carbons (Fsp3) is 0.417. The van der Waals surface area contributed by atoms with Crippen molar-refractivity contribution >= 4 is 34.1 Å². The van der Waals surface area contributed by atoms with Crippen LogP contribution in [0, 0.1) is 5.82 Å². The summed E-state index contributed by atoms with van der Waals surface area (Å²) in [6.07, 6.45) is 4.59. The van der Waals surface area contributed by atoms with Gasteiger partial charge >= 0.3 is 0 Å². The van der Waals surface area contributed by atoms with Gasteiger partial charge < -0.3 is 15.2 Å². The number of hydrogen-bond donors (Lipinski definition) is 2. The highest BCUT2D eigenvalue weighted by Crippen LogP contribution is 2.36. The van der Waals surface area contributed by atoms with E-state index in [4.69, 9.17) is 11.6 Å². The molecule has 34 heavy (non-hydrogen) atoms. The van der Waals surface area contributed by atoms with Crippen molar-refractivity contribution in [2.75, 3.05) is 38.1 Å². The maximum atomic E-state index is 13.5. The Labute approximate surface area is 201 Å². The number of halogens is 2. The molecule has 0 spiro atoms. The highest BCUT2D eigenvalue weighted by Gasteiger charge is 2.33. The summed E-state index contributed by atoms with van der Waals surface area (Å²) in [5, 5.41) is 3.36. The quantitative estimate of drug-likeness (QED) is 0.591. The molecule has 0 bridgehead atoms. The Morgan fingerprint density at radius 2 is 2.00 bits per heavy atom. The van der Waals surface area contributed by atoms with Crippen LogP contribution in [0.1, 0.15) is 41.5 Å². The minimum absolute atomic E-state index is 0.182. The van der Waals surface area contributed by atoms with E-state index < -0.39 is 5.82 Å². The van der Waals surface area contributed by atoms with Gasteiger partial charge in [-0.15, -0.1) is 0 Å². The van der Waals surface area contributed by atoms with Gasteiger partial charge in [0, 0.05) is 45.2 Å². The van der Waals surface area contributed by atoms with Crippen LogP contribution < -0.4 is 15.8 Å². The highest BCUT2D eigenvalue weighted by molar-refractivity contribution is 6.33. The molecule has 1 saturated heterocycles. The first-order valence-electron chi connectivity index (χ1n) is 11.5. The molecule has 0 unspecified atom stereocenters. The molecule has 2 N–H and O–H groups in total. The number of hydrogen-bond acceptors (Lipinski definition) is 6. The van der Waals surface area contributed by atoms with E-state index in [1.165, 1.54) is 12.1 Å². The number of H-pyrrole nitrogens is 1. The molecule has 1 amide bonds. The Kier molecular flexibility index (Phi) is 6.22. The van der Waals surface area contributed by atoms with Crippen molar-refractivity contribution in [2.45, 2.75) is 31.2 Å². The molecule has 2 aliphatic rings. The molecule has 2 fully saturated rings. The van der Waals surface area contributed by atoms with E-state index in [0.29, 0.717) is 28.1 Å². The first-order chi connectivity index (χ1) is 16.4. The number of rotatable bonds is 4. The summed E-state index contributed by atoms with van der Waals surface area (Å²) in [5.74, 6) is 0.177. The van der Waals surface area contributed by atoms with E-state index in [1.54, 1.807) is 25.4 Å². The van der Waals surface area contributed by atoms with E-state index in [1.807, 2.05) is 0 Å². The van der Waals surface area contributed by atoms with Crippen LogP contribution in [0.3, 0.4) is 0 Å². The third kappa shape index (κ3) is 4.37. The molecule has 1 aromatic carbocycles. The van der Waals surface area contributed by atoms with Crippen molar-refractivity contribution in [1.29, 1.82) is 0 Å². The molecule has 5 rings (SSSR count). The second-order valence-electron chi connectivity index (χ2n) is 8.90. The Morgan fingerprint density at radius 1 is 1.21 bits per heavy atom. The number of benzene rings is 1. The van der Waals surface area contributed by atoms with E-state index in [0.717, 1.165) is 51.1 Å². The predicted molar refractivity (Wildman–Crippen MR) is 129 cm³/mol. The van der Waals surface area contributed by atoms with Crippen molar-refractivity contribution in [2.24, 2.45) is 0 Å². The average molecular weight is 485 g/mol. The lowest BCUT2D eigenvalue weighted by molar-refractivity contribution is 0.0958.